The fourth-order valence-electron chi connectivity index (χ4n) is 9.11. The van der Waals surface area contributed by atoms with E-state index in [0.717, 1.165) is 28.3 Å². The smallest absolute Gasteiger partial charge is 0.0561 e. The fourth-order valence-corrected chi connectivity index (χ4v) is 9.11. The van der Waals surface area contributed by atoms with Gasteiger partial charge < -0.3 is 9.47 Å². The van der Waals surface area contributed by atoms with E-state index >= 15 is 0 Å². The predicted molar refractivity (Wildman–Crippen MR) is 263 cm³/mol. The molecule has 0 bridgehead atoms. The first-order valence-electron chi connectivity index (χ1n) is 21.3. The molecule has 62 heavy (non-hydrogen) atoms. The number of hydrogen-bond donors (Lipinski definition) is 0. The topological polar surface area (TPSA) is 8.17 Å². The second kappa shape index (κ2) is 16.1. The van der Waals surface area contributed by atoms with Gasteiger partial charge in [0, 0.05) is 33.4 Å². The maximum atomic E-state index is 2.46. The van der Waals surface area contributed by atoms with E-state index in [9.17, 15) is 0 Å². The zero-order valence-corrected chi connectivity index (χ0v) is 34.1. The molecule has 2 heteroatoms. The molecule has 0 saturated heterocycles. The van der Waals surface area contributed by atoms with Crippen LogP contribution >= 0.6 is 0 Å². The summed E-state index contributed by atoms with van der Waals surface area (Å²) >= 11 is 0. The molecule has 11 aromatic rings. The van der Waals surface area contributed by atoms with E-state index in [4.69, 9.17) is 0 Å². The average Bonchev–Trinajstić information content (AvgIpc) is 3.69. The molecule has 0 unspecified atom stereocenters. The van der Waals surface area contributed by atoms with Crippen LogP contribution in [0.4, 0.5) is 17.1 Å². The van der Waals surface area contributed by atoms with E-state index in [1.165, 1.54) is 71.9 Å². The lowest BCUT2D eigenvalue weighted by Crippen LogP contribution is -2.12. The van der Waals surface area contributed by atoms with Crippen molar-refractivity contribution < 1.29 is 0 Å². The first-order chi connectivity index (χ1) is 30.8. The second-order valence-corrected chi connectivity index (χ2v) is 15.7. The van der Waals surface area contributed by atoms with E-state index in [-0.39, 0.29) is 0 Å². The van der Waals surface area contributed by atoms with Gasteiger partial charge in [-0.2, -0.15) is 0 Å². The van der Waals surface area contributed by atoms with Crippen LogP contribution in [0.25, 0.3) is 83.1 Å². The van der Waals surface area contributed by atoms with E-state index in [1.54, 1.807) is 0 Å². The van der Waals surface area contributed by atoms with Gasteiger partial charge in [0.1, 0.15) is 0 Å². The molecule has 0 amide bonds. The molecule has 0 N–H and O–H groups in total. The Morgan fingerprint density at radius 1 is 0.274 bits per heavy atom. The Balaban J connectivity index is 1.15. The highest BCUT2D eigenvalue weighted by Crippen LogP contribution is 2.49. The standard InChI is InChI=1S/C60H42N2/c1-5-18-43(19-6-1)44-32-34-45(35-33-44)46-36-38-50(39-37-46)61(51-40-41-55-54-27-15-16-30-57(54)62(59(55)42-51)49-24-11-4-12-25-49)58-31-17-29-53(48-22-9-3-10-23-48)60(58)56-28-14-13-26-52(56)47-20-7-2-8-21-47/h1-42H. The van der Waals surface area contributed by atoms with Gasteiger partial charge in [-0.1, -0.05) is 206 Å². The van der Waals surface area contributed by atoms with Crippen molar-refractivity contribution in [3.05, 3.63) is 255 Å². The van der Waals surface area contributed by atoms with Crippen LogP contribution in [0.5, 0.6) is 0 Å². The monoisotopic (exact) mass is 790 g/mol. The van der Waals surface area contributed by atoms with Crippen molar-refractivity contribution >= 4 is 38.9 Å². The molecule has 0 atom stereocenters. The summed E-state index contributed by atoms with van der Waals surface area (Å²) in [6.07, 6.45) is 0. The quantitative estimate of drug-likeness (QED) is 0.141. The minimum Gasteiger partial charge on any atom is -0.310 e. The van der Waals surface area contributed by atoms with Gasteiger partial charge >= 0.3 is 0 Å². The molecule has 11 rings (SSSR count). The Hall–Kier alpha value is -8.20. The number of fused-ring (bicyclic) bond motifs is 3. The number of aromatic nitrogens is 1. The molecule has 10 aromatic carbocycles. The largest absolute Gasteiger partial charge is 0.310 e. The molecule has 0 aliphatic rings. The molecule has 292 valence electrons. The molecular weight excluding hydrogens is 749 g/mol. The molecule has 2 nitrogen and oxygen atoms in total. The van der Waals surface area contributed by atoms with Crippen LogP contribution < -0.4 is 4.90 Å². The summed E-state index contributed by atoms with van der Waals surface area (Å²) < 4.78 is 2.40. The van der Waals surface area contributed by atoms with Gasteiger partial charge in [0.05, 0.1) is 16.7 Å². The minimum atomic E-state index is 1.07. The molecule has 0 radical (unpaired) electrons. The average molecular weight is 791 g/mol. The van der Waals surface area contributed by atoms with Crippen molar-refractivity contribution in [2.45, 2.75) is 0 Å². The summed E-state index contributed by atoms with van der Waals surface area (Å²) in [5, 5.41) is 2.45. The number of anilines is 3. The summed E-state index contributed by atoms with van der Waals surface area (Å²) in [6, 6.07) is 92.2. The highest BCUT2D eigenvalue weighted by molar-refractivity contribution is 6.11. The van der Waals surface area contributed by atoms with Gasteiger partial charge in [-0.25, -0.2) is 0 Å². The maximum absolute atomic E-state index is 2.46. The van der Waals surface area contributed by atoms with Crippen LogP contribution in [-0.2, 0) is 0 Å². The number of hydrogen-bond acceptors (Lipinski definition) is 1. The molecule has 1 heterocycles. The van der Waals surface area contributed by atoms with Crippen molar-refractivity contribution in [1.82, 2.24) is 4.57 Å². The Labute approximate surface area is 362 Å². The lowest BCUT2D eigenvalue weighted by Gasteiger charge is -2.30. The number of rotatable bonds is 9. The van der Waals surface area contributed by atoms with Crippen molar-refractivity contribution in [2.24, 2.45) is 0 Å². The molecule has 0 aliphatic carbocycles. The number of benzene rings is 10. The van der Waals surface area contributed by atoms with Crippen LogP contribution in [0.3, 0.4) is 0 Å². The van der Waals surface area contributed by atoms with Crippen LogP contribution in [-0.4, -0.2) is 4.57 Å². The van der Waals surface area contributed by atoms with E-state index in [2.05, 4.69) is 264 Å². The number of para-hydroxylation sites is 2. The third kappa shape index (κ3) is 6.74. The number of nitrogens with zero attached hydrogens (tertiary/aromatic N) is 2. The van der Waals surface area contributed by atoms with Gasteiger partial charge in [-0.3, -0.25) is 0 Å². The highest BCUT2D eigenvalue weighted by atomic mass is 15.1. The zero-order valence-electron chi connectivity index (χ0n) is 34.1. The van der Waals surface area contributed by atoms with Crippen molar-refractivity contribution in [3.63, 3.8) is 0 Å². The first-order valence-corrected chi connectivity index (χ1v) is 21.3. The third-order valence-corrected chi connectivity index (χ3v) is 12.0. The van der Waals surface area contributed by atoms with Gasteiger partial charge in [-0.15, -0.1) is 0 Å². The Bertz CT molecular complexity index is 3300. The molecule has 0 spiro atoms. The van der Waals surface area contributed by atoms with E-state index < -0.39 is 0 Å². The van der Waals surface area contributed by atoms with Crippen LogP contribution in [0.1, 0.15) is 0 Å². The van der Waals surface area contributed by atoms with Gasteiger partial charge in [0.25, 0.3) is 0 Å². The van der Waals surface area contributed by atoms with Crippen molar-refractivity contribution in [1.29, 1.82) is 0 Å². The first kappa shape index (κ1) is 36.8. The summed E-state index contributed by atoms with van der Waals surface area (Å²) in [5.74, 6) is 0. The van der Waals surface area contributed by atoms with Crippen LogP contribution in [0.15, 0.2) is 255 Å². The van der Waals surface area contributed by atoms with Gasteiger partial charge in [0.2, 0.25) is 0 Å². The second-order valence-electron chi connectivity index (χ2n) is 15.7. The SMILES string of the molecule is c1ccc(-c2ccc(-c3ccc(N(c4ccc5c6ccccc6n(-c6ccccc6)c5c4)c4cccc(-c5ccccc5)c4-c4ccccc4-c4ccccc4)cc3)cc2)cc1. The summed E-state index contributed by atoms with van der Waals surface area (Å²) in [7, 11) is 0. The lowest BCUT2D eigenvalue weighted by molar-refractivity contribution is 1.18. The summed E-state index contributed by atoms with van der Waals surface area (Å²) in [6.45, 7) is 0. The zero-order chi connectivity index (χ0) is 41.2. The molecule has 0 aliphatic heterocycles. The fraction of sp³-hybridized carbons (Fsp3) is 0. The predicted octanol–water partition coefficient (Wildman–Crippen LogP) is 16.6. The molecule has 1 aromatic heterocycles. The Kier molecular flexibility index (Phi) is 9.57. The van der Waals surface area contributed by atoms with Crippen LogP contribution in [0.2, 0.25) is 0 Å². The third-order valence-electron chi connectivity index (χ3n) is 12.0. The van der Waals surface area contributed by atoms with Gasteiger partial charge in [-0.05, 0) is 98.6 Å². The van der Waals surface area contributed by atoms with Gasteiger partial charge in [0.15, 0.2) is 0 Å². The maximum Gasteiger partial charge on any atom is 0.0561 e. The lowest BCUT2D eigenvalue weighted by atomic mass is 9.87. The minimum absolute atomic E-state index is 1.07. The molecular formula is C60H42N2. The molecule has 0 saturated carbocycles. The van der Waals surface area contributed by atoms with E-state index in [0.29, 0.717) is 0 Å². The van der Waals surface area contributed by atoms with Crippen molar-refractivity contribution in [3.8, 4) is 61.3 Å². The van der Waals surface area contributed by atoms with Crippen molar-refractivity contribution in [2.75, 3.05) is 4.90 Å². The Morgan fingerprint density at radius 3 is 1.37 bits per heavy atom. The summed E-state index contributed by atoms with van der Waals surface area (Å²) in [5.41, 5.74) is 18.5. The molecule has 0 fully saturated rings. The Morgan fingerprint density at radius 2 is 0.726 bits per heavy atom. The van der Waals surface area contributed by atoms with Crippen LogP contribution in [0, 0.1) is 0 Å². The summed E-state index contributed by atoms with van der Waals surface area (Å²) in [4.78, 5) is 2.46. The highest BCUT2D eigenvalue weighted by Gasteiger charge is 2.24. The van der Waals surface area contributed by atoms with E-state index in [1.807, 2.05) is 0 Å². The normalized spacial score (nSPS) is 11.2.